The average Bonchev–Trinajstić information content (AvgIpc) is 2.44. The van der Waals surface area contributed by atoms with Gasteiger partial charge in [-0.2, -0.15) is 0 Å². The summed E-state index contributed by atoms with van der Waals surface area (Å²) in [5, 5.41) is 5.52. The maximum absolute atomic E-state index is 12.1. The minimum absolute atomic E-state index is 0.107. The lowest BCUT2D eigenvalue weighted by atomic mass is 10.0. The molecule has 2 aromatic rings. The normalized spacial score (nSPS) is 12.6. The standard InChI is InChI=1S/C17H20INO/c1-12(2)16(11-18)19-17(20)10-13-7-8-14-5-3-4-6-15(14)9-13/h3-9,12,16H,10-11H2,1-2H3,(H,19,20). The van der Waals surface area contributed by atoms with E-state index in [1.165, 1.54) is 10.8 Å². The summed E-state index contributed by atoms with van der Waals surface area (Å²) in [6, 6.07) is 14.7. The van der Waals surface area contributed by atoms with Crippen LogP contribution in [-0.4, -0.2) is 16.4 Å². The molecule has 1 atom stereocenters. The molecule has 2 aromatic carbocycles. The zero-order valence-corrected chi connectivity index (χ0v) is 14.1. The Labute approximate surface area is 134 Å². The molecule has 1 unspecified atom stereocenters. The fourth-order valence-corrected chi connectivity index (χ4v) is 3.41. The zero-order chi connectivity index (χ0) is 14.5. The number of carbonyl (C=O) groups excluding carboxylic acids is 1. The van der Waals surface area contributed by atoms with E-state index in [2.05, 4.69) is 66.0 Å². The molecule has 0 aliphatic carbocycles. The second-order valence-electron chi connectivity index (χ2n) is 5.43. The number of hydrogen-bond acceptors (Lipinski definition) is 1. The number of carbonyl (C=O) groups is 1. The number of rotatable bonds is 5. The molecule has 0 fully saturated rings. The molecule has 0 radical (unpaired) electrons. The number of benzene rings is 2. The molecule has 0 aromatic heterocycles. The molecule has 0 saturated carbocycles. The molecule has 1 N–H and O–H groups in total. The summed E-state index contributed by atoms with van der Waals surface area (Å²) < 4.78 is 0.943. The lowest BCUT2D eigenvalue weighted by Gasteiger charge is -2.20. The summed E-state index contributed by atoms with van der Waals surface area (Å²) in [4.78, 5) is 12.1. The molecule has 2 rings (SSSR count). The van der Waals surface area contributed by atoms with Crippen molar-refractivity contribution in [2.24, 2.45) is 5.92 Å². The quantitative estimate of drug-likeness (QED) is 0.617. The van der Waals surface area contributed by atoms with Crippen LogP contribution in [0.2, 0.25) is 0 Å². The molecule has 0 heterocycles. The van der Waals surface area contributed by atoms with E-state index in [0.29, 0.717) is 12.3 Å². The predicted octanol–water partition coefficient (Wildman–Crippen LogP) is 3.96. The Bertz CT molecular complexity index is 594. The molecule has 0 bridgehead atoms. The van der Waals surface area contributed by atoms with Crippen LogP contribution in [0.5, 0.6) is 0 Å². The van der Waals surface area contributed by atoms with Crippen LogP contribution < -0.4 is 5.32 Å². The summed E-state index contributed by atoms with van der Waals surface area (Å²) in [5.74, 6) is 0.572. The molecule has 2 nitrogen and oxygen atoms in total. The van der Waals surface area contributed by atoms with Gasteiger partial charge in [-0.05, 0) is 22.3 Å². The first-order chi connectivity index (χ1) is 9.60. The summed E-state index contributed by atoms with van der Waals surface area (Å²) in [6.45, 7) is 4.28. The number of alkyl halides is 1. The molecule has 0 aliphatic rings. The van der Waals surface area contributed by atoms with Crippen molar-refractivity contribution in [3.05, 3.63) is 48.0 Å². The van der Waals surface area contributed by atoms with Crippen LogP contribution in [0.25, 0.3) is 10.8 Å². The first-order valence-corrected chi connectivity index (χ1v) is 8.45. The van der Waals surface area contributed by atoms with E-state index >= 15 is 0 Å². The van der Waals surface area contributed by atoms with Gasteiger partial charge in [0, 0.05) is 10.5 Å². The number of fused-ring (bicyclic) bond motifs is 1. The van der Waals surface area contributed by atoms with Crippen molar-refractivity contribution in [1.29, 1.82) is 0 Å². The molecule has 3 heteroatoms. The molecule has 0 spiro atoms. The highest BCUT2D eigenvalue weighted by molar-refractivity contribution is 14.1. The number of nitrogens with one attached hydrogen (secondary N) is 1. The first-order valence-electron chi connectivity index (χ1n) is 6.93. The lowest BCUT2D eigenvalue weighted by molar-refractivity contribution is -0.121. The molecular formula is C17H20INO. The van der Waals surface area contributed by atoms with Crippen LogP contribution >= 0.6 is 22.6 Å². The largest absolute Gasteiger partial charge is 0.352 e. The summed E-state index contributed by atoms with van der Waals surface area (Å²) in [7, 11) is 0. The Hall–Kier alpha value is -1.10. The number of halogens is 1. The second-order valence-corrected chi connectivity index (χ2v) is 6.31. The van der Waals surface area contributed by atoms with E-state index < -0.39 is 0 Å². The molecule has 20 heavy (non-hydrogen) atoms. The van der Waals surface area contributed by atoms with Crippen LogP contribution in [0.3, 0.4) is 0 Å². The van der Waals surface area contributed by atoms with Gasteiger partial charge in [-0.25, -0.2) is 0 Å². The van der Waals surface area contributed by atoms with Gasteiger partial charge in [0.05, 0.1) is 6.42 Å². The molecule has 1 amide bonds. The Morgan fingerprint density at radius 2 is 1.85 bits per heavy atom. The summed E-state index contributed by atoms with van der Waals surface area (Å²) >= 11 is 2.33. The van der Waals surface area contributed by atoms with Gasteiger partial charge in [0.1, 0.15) is 0 Å². The predicted molar refractivity (Wildman–Crippen MR) is 93.3 cm³/mol. The summed E-state index contributed by atoms with van der Waals surface area (Å²) in [5.41, 5.74) is 1.07. The van der Waals surface area contributed by atoms with Crippen molar-refractivity contribution in [3.8, 4) is 0 Å². The average molecular weight is 381 g/mol. The maximum atomic E-state index is 12.1. The third-order valence-corrected chi connectivity index (χ3v) is 4.44. The van der Waals surface area contributed by atoms with Crippen LogP contribution in [0.15, 0.2) is 42.5 Å². The molecule has 0 aliphatic heterocycles. The molecular weight excluding hydrogens is 361 g/mol. The van der Waals surface area contributed by atoms with Crippen LogP contribution in [-0.2, 0) is 11.2 Å². The van der Waals surface area contributed by atoms with E-state index in [0.717, 1.165) is 9.99 Å². The fraction of sp³-hybridized carbons (Fsp3) is 0.353. The third kappa shape index (κ3) is 3.95. The lowest BCUT2D eigenvalue weighted by Crippen LogP contribution is -2.40. The highest BCUT2D eigenvalue weighted by Gasteiger charge is 2.14. The second kappa shape index (κ2) is 7.07. The van der Waals surface area contributed by atoms with Crippen LogP contribution in [0, 0.1) is 5.92 Å². The number of hydrogen-bond donors (Lipinski definition) is 1. The highest BCUT2D eigenvalue weighted by Crippen LogP contribution is 2.16. The third-order valence-electron chi connectivity index (χ3n) is 3.50. The SMILES string of the molecule is CC(C)C(CI)NC(=O)Cc1ccc2ccccc2c1. The van der Waals surface area contributed by atoms with Gasteiger partial charge in [0.15, 0.2) is 0 Å². The van der Waals surface area contributed by atoms with Gasteiger partial charge >= 0.3 is 0 Å². The van der Waals surface area contributed by atoms with Gasteiger partial charge in [0.25, 0.3) is 0 Å². The van der Waals surface area contributed by atoms with Crippen molar-refractivity contribution in [3.63, 3.8) is 0 Å². The van der Waals surface area contributed by atoms with E-state index in [9.17, 15) is 4.79 Å². The minimum atomic E-state index is 0.107. The Morgan fingerprint density at radius 1 is 1.15 bits per heavy atom. The minimum Gasteiger partial charge on any atom is -0.352 e. The highest BCUT2D eigenvalue weighted by atomic mass is 127. The van der Waals surface area contributed by atoms with Crippen LogP contribution in [0.1, 0.15) is 19.4 Å². The van der Waals surface area contributed by atoms with Gasteiger partial charge in [0.2, 0.25) is 5.91 Å². The van der Waals surface area contributed by atoms with Gasteiger partial charge < -0.3 is 5.32 Å². The van der Waals surface area contributed by atoms with E-state index in [-0.39, 0.29) is 11.9 Å². The summed E-state index contributed by atoms with van der Waals surface area (Å²) in [6.07, 6.45) is 0.449. The Balaban J connectivity index is 2.06. The van der Waals surface area contributed by atoms with Crippen molar-refractivity contribution in [1.82, 2.24) is 5.32 Å². The van der Waals surface area contributed by atoms with Crippen molar-refractivity contribution in [2.45, 2.75) is 26.3 Å². The van der Waals surface area contributed by atoms with E-state index in [4.69, 9.17) is 0 Å². The van der Waals surface area contributed by atoms with Crippen LogP contribution in [0.4, 0.5) is 0 Å². The van der Waals surface area contributed by atoms with Gasteiger partial charge in [-0.3, -0.25) is 4.79 Å². The Morgan fingerprint density at radius 3 is 2.50 bits per heavy atom. The first kappa shape index (κ1) is 15.3. The zero-order valence-electron chi connectivity index (χ0n) is 11.9. The molecule has 106 valence electrons. The van der Waals surface area contributed by atoms with Gasteiger partial charge in [-0.15, -0.1) is 0 Å². The van der Waals surface area contributed by atoms with E-state index in [1.54, 1.807) is 0 Å². The topological polar surface area (TPSA) is 29.1 Å². The number of amides is 1. The van der Waals surface area contributed by atoms with Gasteiger partial charge in [-0.1, -0.05) is 78.9 Å². The monoisotopic (exact) mass is 381 g/mol. The van der Waals surface area contributed by atoms with E-state index in [1.807, 2.05) is 18.2 Å². The van der Waals surface area contributed by atoms with Crippen molar-refractivity contribution in [2.75, 3.05) is 4.43 Å². The Kier molecular flexibility index (Phi) is 5.40. The van der Waals surface area contributed by atoms with Crippen molar-refractivity contribution < 1.29 is 4.79 Å². The fourth-order valence-electron chi connectivity index (χ4n) is 2.18. The smallest absolute Gasteiger partial charge is 0.224 e. The van der Waals surface area contributed by atoms with Crippen molar-refractivity contribution >= 4 is 39.3 Å². The molecule has 0 saturated heterocycles. The maximum Gasteiger partial charge on any atom is 0.224 e.